The van der Waals surface area contributed by atoms with E-state index in [2.05, 4.69) is 109 Å². The van der Waals surface area contributed by atoms with Gasteiger partial charge in [-0.25, -0.2) is 48.3 Å². The smallest absolute Gasteiger partial charge is 0.252 e. The molecule has 0 amide bonds. The highest BCUT2D eigenvalue weighted by Crippen LogP contribution is 2.39. The van der Waals surface area contributed by atoms with Crippen molar-refractivity contribution in [2.75, 3.05) is 73.6 Å². The molecule has 35 nitrogen and oxygen atoms in total. The molecule has 120 heavy (non-hydrogen) atoms. The number of anilines is 8. The minimum atomic E-state index is -3.59. The van der Waals surface area contributed by atoms with E-state index < -0.39 is 10.0 Å². The topological polar surface area (TPSA) is 408 Å². The minimum Gasteiger partial charge on any atom is -0.453 e. The van der Waals surface area contributed by atoms with Crippen LogP contribution in [0.25, 0.3) is 90.0 Å². The SMILES string of the molecule is CCN(CC)S(=O)(=O)c1sc(Nc2nc(C3=CCCNC3)cn3c(-c4coc(C#N)c4)cnc23)cc1C.Cc1cc(Nc2nc(-c3cnn(C)c3)cn3c(-c4cnn(C)c4)cnc23)sn1.Cc1cc(Nc2nc(C3=CCCNC3)cn3c(-c4coc(C#N)c4)cnc23)sn1.Cn1cc(-c2cnc3c(Nc4cc(C5CCNC5)ns4)nccn23)cn1. The molecule has 0 aliphatic carbocycles. The summed E-state index contributed by atoms with van der Waals surface area (Å²) >= 11 is 5.44. The molecule has 3 aliphatic heterocycles. The third-order valence-corrected chi connectivity index (χ3v) is 26.1. The first-order valence-electron chi connectivity index (χ1n) is 38.4. The Hall–Kier alpha value is -13.3. The summed E-state index contributed by atoms with van der Waals surface area (Å²) in [6, 6.07) is 15.3. The van der Waals surface area contributed by atoms with Crippen molar-refractivity contribution in [2.24, 2.45) is 21.1 Å². The summed E-state index contributed by atoms with van der Waals surface area (Å²) in [5, 5.41) is 58.1. The number of sulfonamides is 1. The monoisotopic (exact) mass is 1700 g/mol. The van der Waals surface area contributed by atoms with E-state index >= 15 is 0 Å². The van der Waals surface area contributed by atoms with Crippen molar-refractivity contribution < 1.29 is 17.3 Å². The van der Waals surface area contributed by atoms with Crippen LogP contribution in [0.1, 0.15) is 84.6 Å². The molecule has 1 fully saturated rings. The van der Waals surface area contributed by atoms with E-state index in [0.29, 0.717) is 69.1 Å². The number of hydrogen-bond acceptors (Lipinski definition) is 31. The van der Waals surface area contributed by atoms with Crippen LogP contribution in [0.3, 0.4) is 0 Å². The van der Waals surface area contributed by atoms with E-state index in [1.54, 1.807) is 64.2 Å². The quantitative estimate of drug-likeness (QED) is 0.0372. The van der Waals surface area contributed by atoms with Crippen LogP contribution < -0.4 is 37.2 Å². The first-order valence-corrected chi connectivity index (χ1v) is 42.9. The predicted octanol–water partition coefficient (Wildman–Crippen LogP) is 13.6. The first-order chi connectivity index (χ1) is 58.4. The maximum Gasteiger partial charge on any atom is 0.252 e. The number of thiophene rings is 1. The summed E-state index contributed by atoms with van der Waals surface area (Å²) in [5.74, 6) is 3.55. The third-order valence-electron chi connectivity index (χ3n) is 20.0. The summed E-state index contributed by atoms with van der Waals surface area (Å²) in [4.78, 5) is 37.4. The van der Waals surface area contributed by atoms with E-state index in [1.807, 2.05) is 165 Å². The van der Waals surface area contributed by atoms with Crippen LogP contribution in [0.15, 0.2) is 167 Å². The fourth-order valence-electron chi connectivity index (χ4n) is 14.1. The molecule has 17 aromatic heterocycles. The van der Waals surface area contributed by atoms with Crippen molar-refractivity contribution in [1.82, 2.24) is 120 Å². The van der Waals surface area contributed by atoms with E-state index in [4.69, 9.17) is 29.0 Å². The van der Waals surface area contributed by atoms with Crippen molar-refractivity contribution in [3.8, 4) is 68.4 Å². The summed E-state index contributed by atoms with van der Waals surface area (Å²) < 4.78 is 65.3. The van der Waals surface area contributed by atoms with Crippen LogP contribution in [0.2, 0.25) is 0 Å². The fraction of sp³-hybridized carbons (Fsp3) is 0.250. The van der Waals surface area contributed by atoms with Gasteiger partial charge in [-0.2, -0.15) is 43.2 Å². The molecule has 20 rings (SSSR count). The highest BCUT2D eigenvalue weighted by molar-refractivity contribution is 7.91. The molecule has 40 heteroatoms. The molecule has 0 spiro atoms. The zero-order valence-corrected chi connectivity index (χ0v) is 70.3. The molecule has 0 aromatic carbocycles. The molecule has 0 radical (unpaired) electrons. The number of furan rings is 2. The van der Waals surface area contributed by atoms with Crippen molar-refractivity contribution in [1.29, 1.82) is 10.5 Å². The highest BCUT2D eigenvalue weighted by Gasteiger charge is 2.29. The molecule has 20 heterocycles. The molecular formula is C80H79N31O4S5. The van der Waals surface area contributed by atoms with Gasteiger partial charge in [0.1, 0.15) is 43.9 Å². The first kappa shape index (κ1) is 79.2. The number of nitrogens with one attached hydrogen (secondary N) is 7. The third kappa shape index (κ3) is 16.7. The molecule has 3 aliphatic rings. The molecule has 17 aromatic rings. The molecule has 0 saturated carbocycles. The molecule has 1 atom stereocenters. The van der Waals surface area contributed by atoms with Gasteiger partial charge >= 0.3 is 0 Å². The molecule has 1 unspecified atom stereocenters. The molecule has 1 saturated heterocycles. The molecule has 608 valence electrons. The Labute approximate surface area is 703 Å². The summed E-state index contributed by atoms with van der Waals surface area (Å²) in [6.07, 6.45) is 38.6. The normalized spacial score (nSPS) is 14.1. The maximum absolute atomic E-state index is 13.2. The number of nitriles is 2. The van der Waals surface area contributed by atoms with Crippen molar-refractivity contribution in [2.45, 2.75) is 64.0 Å². The number of hydrogen-bond donors (Lipinski definition) is 7. The largest absolute Gasteiger partial charge is 0.453 e. The lowest BCUT2D eigenvalue weighted by atomic mass is 10.1. The number of aryl methyl sites for hydroxylation is 6. The predicted molar refractivity (Wildman–Crippen MR) is 463 cm³/mol. The van der Waals surface area contributed by atoms with Gasteiger partial charge < -0.3 is 46.1 Å². The van der Waals surface area contributed by atoms with E-state index in [9.17, 15) is 13.7 Å². The lowest BCUT2D eigenvalue weighted by Crippen LogP contribution is -2.30. The van der Waals surface area contributed by atoms with Gasteiger partial charge in [0.25, 0.3) is 10.0 Å². The Morgan fingerprint density at radius 1 is 0.517 bits per heavy atom. The number of aromatic nitrogens is 21. The number of fused-ring (bicyclic) bond motifs is 4. The van der Waals surface area contributed by atoms with Gasteiger partial charge in [0.2, 0.25) is 11.5 Å². The number of rotatable bonds is 20. The Morgan fingerprint density at radius 2 is 0.975 bits per heavy atom. The van der Waals surface area contributed by atoms with Gasteiger partial charge in [-0.3, -0.25) is 31.6 Å². The fourth-order valence-corrected chi connectivity index (χ4v) is 19.4. The van der Waals surface area contributed by atoms with Gasteiger partial charge in [-0.05, 0) is 135 Å². The van der Waals surface area contributed by atoms with Crippen molar-refractivity contribution in [3.05, 3.63) is 200 Å². The number of imidazole rings is 4. The standard InChI is InChI=1S/C25H27N7O3S2.C20H17N7OS.C18H17N9S.C17H18N8S/c1-4-31(5-2)37(33,34)25-16(3)9-22(36-25)30-23-24-28-13-21(18-10-19(11-26)35-15-18)32(24)14-20(29-23)17-7-6-8-27-12-17;1-12-5-18(29-26-12)25-19-20-23-9-17(14-6-15(7-21)28-11-14)27(20)10-16(24-19)13-3-2-4-22-8-13;1-11-4-16(28-24-11)23-17-18-19-7-15(13-6-21-26(3)9-13)27(18)10-14(22-17)12-5-20-25(2)8-12;1-24-10-12(8-21-24)14-9-20-17-16(19-4-5-25(14)17)22-15-6-13(23-26-15)11-2-3-18-7-11/h7,9-10,13-15,27H,4-6,8,12H2,1-3H3,(H,29,30);3,5-6,9-11,22H,2,4,8H2,1H3,(H,24,25);4-10H,1-3H3,(H,22,23);4-6,8-11,18H,2-3,7H2,1H3,(H,19,22). The highest BCUT2D eigenvalue weighted by atomic mass is 32.2. The average Bonchev–Trinajstić information content (AvgIpc) is 1.63. The Balaban J connectivity index is 0.000000115. The van der Waals surface area contributed by atoms with Crippen LogP contribution in [-0.4, -0.2) is 165 Å². The Morgan fingerprint density at radius 3 is 1.43 bits per heavy atom. The van der Waals surface area contributed by atoms with Gasteiger partial charge in [0.15, 0.2) is 45.9 Å². The zero-order chi connectivity index (χ0) is 82.7. The second-order valence-corrected chi connectivity index (χ2v) is 34.0. The second-order valence-electron chi connectivity index (χ2n) is 28.4. The van der Waals surface area contributed by atoms with E-state index in [0.717, 1.165) is 180 Å². The molecule has 0 bridgehead atoms. The Kier molecular flexibility index (Phi) is 22.7. The lowest BCUT2D eigenvalue weighted by molar-refractivity contribution is 0.446. The zero-order valence-electron chi connectivity index (χ0n) is 66.2. The number of nitrogens with zero attached hydrogens (tertiary/aromatic N) is 24. The van der Waals surface area contributed by atoms with Crippen LogP contribution >= 0.6 is 45.9 Å². The van der Waals surface area contributed by atoms with Gasteiger partial charge in [0, 0.05) is 149 Å². The summed E-state index contributed by atoms with van der Waals surface area (Å²) in [6.45, 7) is 15.6. The van der Waals surface area contributed by atoms with Crippen LogP contribution in [0.4, 0.5) is 43.3 Å². The average molecular weight is 1700 g/mol. The Bertz CT molecular complexity index is 6880. The van der Waals surface area contributed by atoms with E-state index in [-0.39, 0.29) is 11.5 Å². The summed E-state index contributed by atoms with van der Waals surface area (Å²) in [5.41, 5.74) is 19.1. The lowest BCUT2D eigenvalue weighted by Gasteiger charge is -2.17. The van der Waals surface area contributed by atoms with Crippen LogP contribution in [0.5, 0.6) is 0 Å². The molecular weight excluding hydrogens is 1620 g/mol. The van der Waals surface area contributed by atoms with Crippen LogP contribution in [0, 0.1) is 43.4 Å². The van der Waals surface area contributed by atoms with Gasteiger partial charge in [-0.15, -0.1) is 11.3 Å². The molecule has 7 N–H and O–H groups in total. The van der Waals surface area contributed by atoms with Crippen molar-refractivity contribution >= 4 is 133 Å². The van der Waals surface area contributed by atoms with Crippen molar-refractivity contribution in [3.63, 3.8) is 0 Å². The summed E-state index contributed by atoms with van der Waals surface area (Å²) in [7, 11) is 2.10. The van der Waals surface area contributed by atoms with E-state index in [1.165, 1.54) is 56.5 Å². The maximum atomic E-state index is 13.2. The van der Waals surface area contributed by atoms with Gasteiger partial charge in [-0.1, -0.05) is 26.0 Å². The van der Waals surface area contributed by atoms with Gasteiger partial charge in [0.05, 0.1) is 105 Å². The second kappa shape index (κ2) is 34.3. The minimum absolute atomic E-state index is 0.216. The van der Waals surface area contributed by atoms with Crippen LogP contribution in [-0.2, 0) is 31.2 Å².